The topological polar surface area (TPSA) is 3.24 Å². The molecule has 0 amide bonds. The summed E-state index contributed by atoms with van der Waals surface area (Å²) in [7, 11) is 0. The Morgan fingerprint density at radius 1 is 0.511 bits per heavy atom. The van der Waals surface area contributed by atoms with Crippen molar-refractivity contribution >= 4 is 17.1 Å². The zero-order valence-electron chi connectivity index (χ0n) is 27.1. The van der Waals surface area contributed by atoms with Crippen LogP contribution in [0.4, 0.5) is 17.1 Å². The fourth-order valence-corrected chi connectivity index (χ4v) is 12.1. The number of benzene rings is 4. The van der Waals surface area contributed by atoms with Crippen molar-refractivity contribution in [2.24, 2.45) is 35.5 Å². The van der Waals surface area contributed by atoms with Crippen molar-refractivity contribution in [2.75, 3.05) is 4.90 Å². The highest BCUT2D eigenvalue weighted by Crippen LogP contribution is 2.60. The van der Waals surface area contributed by atoms with Crippen LogP contribution in [0.25, 0.3) is 11.1 Å². The molecule has 7 aliphatic rings. The molecule has 0 N–H and O–H groups in total. The van der Waals surface area contributed by atoms with Gasteiger partial charge in [-0.25, -0.2) is 0 Å². The Morgan fingerprint density at radius 2 is 1.11 bits per heavy atom. The molecule has 4 aromatic carbocycles. The average molecular weight is 590 g/mol. The molecule has 0 spiro atoms. The monoisotopic (exact) mass is 589 g/mol. The molecule has 3 atom stereocenters. The third kappa shape index (κ3) is 4.11. The van der Waals surface area contributed by atoms with Gasteiger partial charge in [0.2, 0.25) is 0 Å². The van der Waals surface area contributed by atoms with Gasteiger partial charge in [0.25, 0.3) is 0 Å². The van der Waals surface area contributed by atoms with Crippen molar-refractivity contribution in [1.29, 1.82) is 0 Å². The van der Waals surface area contributed by atoms with E-state index in [9.17, 15) is 0 Å². The molecule has 0 radical (unpaired) electrons. The first kappa shape index (κ1) is 26.9. The van der Waals surface area contributed by atoms with E-state index < -0.39 is 0 Å². The van der Waals surface area contributed by atoms with E-state index in [-0.39, 0.29) is 5.41 Å². The van der Waals surface area contributed by atoms with Crippen LogP contribution in [-0.2, 0) is 5.41 Å². The second kappa shape index (κ2) is 9.84. The molecule has 0 aromatic heterocycles. The van der Waals surface area contributed by atoms with E-state index in [1.807, 2.05) is 0 Å². The smallest absolute Gasteiger partial charge is 0.0465 e. The molecule has 0 aliphatic heterocycles. The van der Waals surface area contributed by atoms with Gasteiger partial charge in [-0.15, -0.1) is 0 Å². The van der Waals surface area contributed by atoms with Gasteiger partial charge in [0.05, 0.1) is 0 Å². The number of fused-ring (bicyclic) bond motifs is 5. The Bertz CT molecular complexity index is 1730. The molecule has 7 aliphatic carbocycles. The predicted molar refractivity (Wildman–Crippen MR) is 187 cm³/mol. The van der Waals surface area contributed by atoms with Crippen LogP contribution in [0, 0.1) is 35.5 Å². The first-order valence-corrected chi connectivity index (χ1v) is 18.2. The lowest BCUT2D eigenvalue weighted by Gasteiger charge is -2.54. The van der Waals surface area contributed by atoms with Crippen molar-refractivity contribution in [3.8, 4) is 11.1 Å². The quantitative estimate of drug-likeness (QED) is 0.224. The maximum Gasteiger partial charge on any atom is 0.0465 e. The maximum absolute atomic E-state index is 2.53. The highest BCUT2D eigenvalue weighted by Gasteiger charge is 2.48. The van der Waals surface area contributed by atoms with E-state index in [4.69, 9.17) is 0 Å². The Hall–Kier alpha value is -3.32. The highest BCUT2D eigenvalue weighted by molar-refractivity contribution is 5.85. The fourth-order valence-electron chi connectivity index (χ4n) is 12.1. The van der Waals surface area contributed by atoms with Gasteiger partial charge in [0, 0.05) is 22.5 Å². The lowest BCUT2D eigenvalue weighted by molar-refractivity contribution is -0.00277. The third-order valence-corrected chi connectivity index (χ3v) is 13.9. The summed E-state index contributed by atoms with van der Waals surface area (Å²) in [6.45, 7) is 4.80. The Kier molecular flexibility index (Phi) is 5.87. The Labute approximate surface area is 270 Å². The summed E-state index contributed by atoms with van der Waals surface area (Å²) in [4.78, 5) is 2.53. The Balaban J connectivity index is 1.03. The minimum atomic E-state index is -0.0113. The molecule has 4 aromatic rings. The third-order valence-electron chi connectivity index (χ3n) is 13.9. The molecule has 228 valence electrons. The Morgan fingerprint density at radius 3 is 1.76 bits per heavy atom. The van der Waals surface area contributed by atoms with E-state index >= 15 is 0 Å². The van der Waals surface area contributed by atoms with Crippen LogP contribution in [0.5, 0.6) is 0 Å². The molecule has 1 heteroatoms. The zero-order chi connectivity index (χ0) is 29.9. The number of hydrogen-bond acceptors (Lipinski definition) is 1. The average Bonchev–Trinajstić information content (AvgIpc) is 3.75. The number of rotatable bonds is 5. The molecule has 0 saturated heterocycles. The van der Waals surface area contributed by atoms with Gasteiger partial charge in [-0.05, 0) is 168 Å². The largest absolute Gasteiger partial charge is 0.310 e. The van der Waals surface area contributed by atoms with Crippen molar-refractivity contribution < 1.29 is 0 Å². The minimum Gasteiger partial charge on any atom is -0.310 e. The highest BCUT2D eigenvalue weighted by atomic mass is 15.1. The number of nitrogens with zero attached hydrogens (tertiary/aromatic N) is 1. The van der Waals surface area contributed by atoms with Crippen LogP contribution in [-0.4, -0.2) is 0 Å². The molecular weight excluding hydrogens is 542 g/mol. The minimum absolute atomic E-state index is 0.0113. The molecule has 0 heterocycles. The molecule has 6 bridgehead atoms. The lowest BCUT2D eigenvalue weighted by atomic mass is 9.51. The van der Waals surface area contributed by atoms with E-state index in [0.29, 0.717) is 0 Å². The van der Waals surface area contributed by atoms with Gasteiger partial charge in [-0.3, -0.25) is 0 Å². The number of anilines is 3. The maximum atomic E-state index is 2.53. The first-order chi connectivity index (χ1) is 22.0. The van der Waals surface area contributed by atoms with E-state index in [1.54, 1.807) is 11.1 Å². The molecule has 3 unspecified atom stereocenters. The van der Waals surface area contributed by atoms with Crippen molar-refractivity contribution in [2.45, 2.75) is 88.9 Å². The van der Waals surface area contributed by atoms with Gasteiger partial charge in [0.15, 0.2) is 0 Å². The van der Waals surface area contributed by atoms with Crippen LogP contribution >= 0.6 is 0 Å². The van der Waals surface area contributed by atoms with Crippen LogP contribution in [0.15, 0.2) is 91.0 Å². The number of hydrogen-bond donors (Lipinski definition) is 0. The van der Waals surface area contributed by atoms with Gasteiger partial charge in [-0.2, -0.15) is 0 Å². The van der Waals surface area contributed by atoms with Gasteiger partial charge in [-0.1, -0.05) is 74.9 Å². The summed E-state index contributed by atoms with van der Waals surface area (Å²) in [5, 5.41) is 0. The van der Waals surface area contributed by atoms with Crippen LogP contribution in [0.3, 0.4) is 0 Å². The summed E-state index contributed by atoms with van der Waals surface area (Å²) >= 11 is 0. The fraction of sp³-hybridized carbons (Fsp3) is 0.455. The summed E-state index contributed by atoms with van der Waals surface area (Å²) in [5.41, 5.74) is 12.6. The van der Waals surface area contributed by atoms with Gasteiger partial charge < -0.3 is 4.90 Å². The summed E-state index contributed by atoms with van der Waals surface area (Å²) in [6, 6.07) is 35.9. The second-order valence-corrected chi connectivity index (χ2v) is 16.7. The molecular formula is C44H47N. The van der Waals surface area contributed by atoms with E-state index in [1.165, 1.54) is 97.1 Å². The summed E-state index contributed by atoms with van der Waals surface area (Å²) in [5.74, 6) is 7.32. The molecule has 6 saturated carbocycles. The lowest BCUT2D eigenvalue weighted by Crippen LogP contribution is -2.43. The summed E-state index contributed by atoms with van der Waals surface area (Å²) < 4.78 is 0. The first-order valence-electron chi connectivity index (χ1n) is 18.2. The standard InChI is InChI=1S/C44H47N/c1-44(2)41-6-4-3-5-38(41)39-18-17-37(26-42(39)44)45(35-13-9-30(10-14-35)40-25-27-7-8-32(40)20-27)36-15-11-31(12-16-36)43-33-21-28-19-29(23-33)24-34(43)22-28/h3-6,9-18,26-29,32-34,40,43H,7-8,19-25H2,1-2H3. The molecule has 1 nitrogen and oxygen atoms in total. The van der Waals surface area contributed by atoms with Crippen LogP contribution in [0.1, 0.15) is 106 Å². The molecule has 6 fully saturated rings. The van der Waals surface area contributed by atoms with Crippen LogP contribution in [0.2, 0.25) is 0 Å². The van der Waals surface area contributed by atoms with E-state index in [0.717, 1.165) is 47.3 Å². The van der Waals surface area contributed by atoms with Crippen molar-refractivity contribution in [3.63, 3.8) is 0 Å². The SMILES string of the molecule is CC1(C)c2ccccc2-c2ccc(N(c3ccc(C4CC5CCC4C5)cc3)c3ccc(C4C5CC6CC(C5)CC4C6)cc3)cc21. The predicted octanol–water partition coefficient (Wildman–Crippen LogP) is 11.9. The van der Waals surface area contributed by atoms with Crippen molar-refractivity contribution in [3.05, 3.63) is 113 Å². The summed E-state index contributed by atoms with van der Waals surface area (Å²) in [6.07, 6.45) is 13.2. The zero-order valence-corrected chi connectivity index (χ0v) is 27.1. The molecule has 45 heavy (non-hydrogen) atoms. The van der Waals surface area contributed by atoms with E-state index in [2.05, 4.69) is 110 Å². The van der Waals surface area contributed by atoms with Crippen LogP contribution < -0.4 is 4.90 Å². The second-order valence-electron chi connectivity index (χ2n) is 16.7. The normalized spacial score (nSPS) is 32.9. The van der Waals surface area contributed by atoms with Crippen molar-refractivity contribution in [1.82, 2.24) is 0 Å². The molecule has 11 rings (SSSR count). The van der Waals surface area contributed by atoms with Gasteiger partial charge in [0.1, 0.15) is 0 Å². The van der Waals surface area contributed by atoms with Gasteiger partial charge >= 0.3 is 0 Å².